The molecule has 0 aromatic carbocycles. The third-order valence-corrected chi connectivity index (χ3v) is 2.56. The van der Waals surface area contributed by atoms with Crippen molar-refractivity contribution in [3.63, 3.8) is 0 Å². The van der Waals surface area contributed by atoms with E-state index in [4.69, 9.17) is 4.84 Å². The highest BCUT2D eigenvalue weighted by molar-refractivity contribution is 6.14. The summed E-state index contributed by atoms with van der Waals surface area (Å²) in [5.41, 5.74) is -0.152. The molecule has 1 atom stereocenters. The van der Waals surface area contributed by atoms with Gasteiger partial charge in [-0.3, -0.25) is 4.99 Å². The number of rotatable bonds is 5. The molecule has 16 heavy (non-hydrogen) atoms. The Hall–Kier alpha value is -1.39. The van der Waals surface area contributed by atoms with Crippen molar-refractivity contribution in [3.05, 3.63) is 0 Å². The molecule has 1 aliphatic heterocycles. The molecule has 5 heteroatoms. The molecule has 1 unspecified atom stereocenters. The Kier molecular flexibility index (Phi) is 4.04. The Bertz CT molecular complexity index is 323. The molecule has 0 N–H and O–H groups in total. The maximum Gasteiger partial charge on any atom is 0.368 e. The quantitative estimate of drug-likeness (QED) is 0.404. The highest BCUT2D eigenvalue weighted by atomic mass is 16.7. The molecule has 0 spiro atoms. The maximum atomic E-state index is 11.8. The molecular weight excluding hydrogens is 206 g/mol. The predicted octanol–water partition coefficient (Wildman–Crippen LogP) is 1.44. The van der Waals surface area contributed by atoms with Crippen LogP contribution in [0.4, 0.5) is 0 Å². The van der Waals surface area contributed by atoms with Crippen LogP contribution in [0.15, 0.2) is 10.1 Å². The number of nitrogens with zero attached hydrogens (tertiary/aromatic N) is 3. The Morgan fingerprint density at radius 2 is 2.19 bits per heavy atom. The fraction of sp³-hybridized carbons (Fsp3) is 0.727. The van der Waals surface area contributed by atoms with Crippen molar-refractivity contribution in [3.8, 4) is 0 Å². The number of oxime groups is 1. The summed E-state index contributed by atoms with van der Waals surface area (Å²) in [6.45, 7) is 3.96. The fourth-order valence-corrected chi connectivity index (χ4v) is 1.64. The van der Waals surface area contributed by atoms with E-state index in [0.717, 1.165) is 18.6 Å². The van der Waals surface area contributed by atoms with Gasteiger partial charge in [0.15, 0.2) is 0 Å². The predicted molar refractivity (Wildman–Crippen MR) is 63.6 cm³/mol. The molecule has 90 valence electrons. The number of aliphatic imine (C=N–C) groups is 1. The molecule has 1 heterocycles. The first-order valence-electron chi connectivity index (χ1n) is 5.57. The zero-order valence-corrected chi connectivity index (χ0v) is 10.4. The summed E-state index contributed by atoms with van der Waals surface area (Å²) in [6.07, 6.45) is 3.88. The van der Waals surface area contributed by atoms with Crippen molar-refractivity contribution in [2.24, 2.45) is 10.1 Å². The molecule has 5 nitrogen and oxygen atoms in total. The number of carbonyl (C=O) groups is 1. The zero-order chi connectivity index (χ0) is 12.2. The van der Waals surface area contributed by atoms with E-state index in [-0.39, 0.29) is 5.97 Å². The van der Waals surface area contributed by atoms with Gasteiger partial charge in [-0.15, -0.1) is 0 Å². The van der Waals surface area contributed by atoms with Gasteiger partial charge < -0.3 is 9.74 Å². The summed E-state index contributed by atoms with van der Waals surface area (Å²) in [5, 5.41) is 3.84. The molecule has 0 aromatic rings. The first-order valence-corrected chi connectivity index (χ1v) is 5.57. The van der Waals surface area contributed by atoms with Gasteiger partial charge in [-0.2, -0.15) is 0 Å². The third kappa shape index (κ3) is 2.23. The van der Waals surface area contributed by atoms with Gasteiger partial charge in [0.1, 0.15) is 0 Å². The second-order valence-corrected chi connectivity index (χ2v) is 4.09. The van der Waals surface area contributed by atoms with Crippen LogP contribution in [0.5, 0.6) is 0 Å². The van der Waals surface area contributed by atoms with Crippen LogP contribution in [0.3, 0.4) is 0 Å². The summed E-state index contributed by atoms with van der Waals surface area (Å²) in [6, 6.07) is 0. The lowest BCUT2D eigenvalue weighted by atomic mass is 9.89. The number of hydrogen-bond donors (Lipinski definition) is 0. The van der Waals surface area contributed by atoms with Crippen molar-refractivity contribution in [1.82, 2.24) is 4.90 Å². The molecule has 1 aliphatic rings. The van der Waals surface area contributed by atoms with Crippen LogP contribution < -0.4 is 0 Å². The van der Waals surface area contributed by atoms with Crippen LogP contribution in [0.2, 0.25) is 0 Å². The van der Waals surface area contributed by atoms with Crippen LogP contribution in [0.1, 0.15) is 33.1 Å². The van der Waals surface area contributed by atoms with Crippen LogP contribution in [0.25, 0.3) is 0 Å². The molecular formula is C11H19N3O2. The number of hydrogen-bond acceptors (Lipinski definition) is 4. The standard InChI is InChI=1S/C11H19N3O2/c1-5-7-9-11(6-2,10(15)16-13-9)12-8-14(3)4/h8H,5-7H2,1-4H3. The molecule has 0 saturated carbocycles. The zero-order valence-electron chi connectivity index (χ0n) is 10.4. The van der Waals surface area contributed by atoms with Gasteiger partial charge >= 0.3 is 5.97 Å². The van der Waals surface area contributed by atoms with E-state index in [0.29, 0.717) is 6.42 Å². The Morgan fingerprint density at radius 1 is 1.50 bits per heavy atom. The molecule has 0 fully saturated rings. The van der Waals surface area contributed by atoms with E-state index in [2.05, 4.69) is 10.1 Å². The van der Waals surface area contributed by atoms with Gasteiger partial charge in [0.05, 0.1) is 12.1 Å². The molecule has 0 aliphatic carbocycles. The van der Waals surface area contributed by atoms with Crippen LogP contribution in [0, 0.1) is 0 Å². The number of carbonyl (C=O) groups excluding carboxylic acids is 1. The summed E-state index contributed by atoms with van der Waals surface area (Å²) < 4.78 is 0. The van der Waals surface area contributed by atoms with Gasteiger partial charge in [0, 0.05) is 14.1 Å². The van der Waals surface area contributed by atoms with Crippen molar-refractivity contribution >= 4 is 18.0 Å². The summed E-state index contributed by atoms with van der Waals surface area (Å²) in [7, 11) is 3.73. The van der Waals surface area contributed by atoms with Crippen molar-refractivity contribution in [1.29, 1.82) is 0 Å². The molecule has 0 bridgehead atoms. The van der Waals surface area contributed by atoms with Gasteiger partial charge in [-0.25, -0.2) is 4.79 Å². The lowest BCUT2D eigenvalue weighted by Crippen LogP contribution is -2.41. The normalized spacial score (nSPS) is 24.8. The highest BCUT2D eigenvalue weighted by Gasteiger charge is 2.47. The molecule has 0 radical (unpaired) electrons. The Morgan fingerprint density at radius 3 is 2.69 bits per heavy atom. The minimum Gasteiger partial charge on any atom is -0.369 e. The Labute approximate surface area is 96.2 Å². The maximum absolute atomic E-state index is 11.8. The largest absolute Gasteiger partial charge is 0.369 e. The average molecular weight is 225 g/mol. The molecule has 0 saturated heterocycles. The summed E-state index contributed by atoms with van der Waals surface area (Å²) in [4.78, 5) is 22.7. The molecule has 0 aromatic heterocycles. The van der Waals surface area contributed by atoms with Crippen LogP contribution in [-0.2, 0) is 9.63 Å². The van der Waals surface area contributed by atoms with E-state index in [1.54, 1.807) is 11.2 Å². The van der Waals surface area contributed by atoms with Crippen molar-refractivity contribution in [2.45, 2.75) is 38.6 Å². The molecule has 0 amide bonds. The van der Waals surface area contributed by atoms with E-state index >= 15 is 0 Å². The minimum atomic E-state index is -0.889. The topological polar surface area (TPSA) is 54.3 Å². The lowest BCUT2D eigenvalue weighted by molar-refractivity contribution is -0.144. The second-order valence-electron chi connectivity index (χ2n) is 4.09. The van der Waals surface area contributed by atoms with E-state index < -0.39 is 5.54 Å². The van der Waals surface area contributed by atoms with Crippen molar-refractivity contribution in [2.75, 3.05) is 14.1 Å². The smallest absolute Gasteiger partial charge is 0.368 e. The summed E-state index contributed by atoms with van der Waals surface area (Å²) in [5.74, 6) is -0.364. The van der Waals surface area contributed by atoms with Crippen LogP contribution >= 0.6 is 0 Å². The fourth-order valence-electron chi connectivity index (χ4n) is 1.64. The lowest BCUT2D eigenvalue weighted by Gasteiger charge is -2.20. The SMILES string of the molecule is CCCC1=NOC(=O)C1(CC)N=CN(C)C. The van der Waals surface area contributed by atoms with Gasteiger partial charge in [-0.05, 0) is 12.8 Å². The first-order chi connectivity index (χ1) is 7.56. The van der Waals surface area contributed by atoms with Crippen molar-refractivity contribution < 1.29 is 9.63 Å². The Balaban J connectivity index is 2.98. The monoisotopic (exact) mass is 225 g/mol. The van der Waals surface area contributed by atoms with Gasteiger partial charge in [0.2, 0.25) is 5.54 Å². The average Bonchev–Trinajstić information content (AvgIpc) is 2.55. The summed E-state index contributed by atoms with van der Waals surface area (Å²) >= 11 is 0. The third-order valence-electron chi connectivity index (χ3n) is 2.56. The first kappa shape index (κ1) is 12.7. The molecule has 1 rings (SSSR count). The van der Waals surface area contributed by atoms with Crippen LogP contribution in [-0.4, -0.2) is 42.6 Å². The minimum absolute atomic E-state index is 0.364. The van der Waals surface area contributed by atoms with E-state index in [1.165, 1.54) is 0 Å². The van der Waals surface area contributed by atoms with Gasteiger partial charge in [0.25, 0.3) is 0 Å². The highest BCUT2D eigenvalue weighted by Crippen LogP contribution is 2.28. The van der Waals surface area contributed by atoms with Gasteiger partial charge in [-0.1, -0.05) is 25.4 Å². The van der Waals surface area contributed by atoms with E-state index in [1.807, 2.05) is 27.9 Å². The van der Waals surface area contributed by atoms with E-state index in [9.17, 15) is 4.79 Å². The second kappa shape index (κ2) is 5.09.